The highest BCUT2D eigenvalue weighted by molar-refractivity contribution is 7.17. The molecule has 180 valence electrons. The van der Waals surface area contributed by atoms with Crippen LogP contribution in [-0.2, 0) is 17.8 Å². The number of nitrogens with zero attached hydrogens (tertiary/aromatic N) is 3. The lowest BCUT2D eigenvalue weighted by Gasteiger charge is -2.12. The van der Waals surface area contributed by atoms with Gasteiger partial charge in [0, 0.05) is 19.5 Å². The molecule has 9 heteroatoms. The zero-order chi connectivity index (χ0) is 24.1. The number of ether oxygens (including phenoxy) is 2. The molecule has 0 aliphatic rings. The van der Waals surface area contributed by atoms with E-state index in [9.17, 15) is 9.59 Å². The normalized spacial score (nSPS) is 11.3. The summed E-state index contributed by atoms with van der Waals surface area (Å²) in [6.45, 7) is 7.84. The Bertz CT molecular complexity index is 1350. The zero-order valence-electron chi connectivity index (χ0n) is 19.8. The largest absolute Gasteiger partial charge is 0.490 e. The van der Waals surface area contributed by atoms with E-state index >= 15 is 0 Å². The number of thiophene rings is 1. The van der Waals surface area contributed by atoms with E-state index in [2.05, 4.69) is 10.4 Å². The van der Waals surface area contributed by atoms with Crippen LogP contribution in [0.5, 0.6) is 11.5 Å². The summed E-state index contributed by atoms with van der Waals surface area (Å²) in [5, 5.41) is 9.43. The second-order valence-corrected chi connectivity index (χ2v) is 8.91. The average Bonchev–Trinajstić information content (AvgIpc) is 3.41. The van der Waals surface area contributed by atoms with Gasteiger partial charge in [-0.25, -0.2) is 4.68 Å². The molecule has 0 atom stereocenters. The van der Waals surface area contributed by atoms with Crippen LogP contribution in [0.15, 0.2) is 40.5 Å². The number of carbonyl (C=O) groups excluding carboxylic acids is 1. The van der Waals surface area contributed by atoms with Crippen LogP contribution < -0.4 is 20.3 Å². The van der Waals surface area contributed by atoms with Crippen molar-refractivity contribution in [2.24, 2.45) is 0 Å². The van der Waals surface area contributed by atoms with E-state index in [0.29, 0.717) is 51.1 Å². The molecule has 3 heterocycles. The van der Waals surface area contributed by atoms with Gasteiger partial charge in [-0.3, -0.25) is 14.0 Å². The van der Waals surface area contributed by atoms with E-state index < -0.39 is 0 Å². The smallest absolute Gasteiger partial charge is 0.291 e. The minimum Gasteiger partial charge on any atom is -0.490 e. The van der Waals surface area contributed by atoms with E-state index in [1.54, 1.807) is 11.3 Å². The second kappa shape index (κ2) is 10.7. The van der Waals surface area contributed by atoms with E-state index in [4.69, 9.17) is 9.47 Å². The van der Waals surface area contributed by atoms with E-state index in [0.717, 1.165) is 33.1 Å². The SMILES string of the molecule is CCOc1ccc(CCNC(=O)CCCn2nc(C)n3c(cc4sccc43)c2=O)cc1OCC. The van der Waals surface area contributed by atoms with Gasteiger partial charge in [-0.1, -0.05) is 6.07 Å². The van der Waals surface area contributed by atoms with Crippen LogP contribution in [0.3, 0.4) is 0 Å². The number of rotatable bonds is 11. The third-order valence-electron chi connectivity index (χ3n) is 5.58. The van der Waals surface area contributed by atoms with Gasteiger partial charge in [0.25, 0.3) is 5.56 Å². The molecule has 3 aromatic heterocycles. The van der Waals surface area contributed by atoms with Crippen LogP contribution in [0.25, 0.3) is 15.7 Å². The number of hydrogen-bond acceptors (Lipinski definition) is 6. The summed E-state index contributed by atoms with van der Waals surface area (Å²) in [5.41, 5.74) is 2.57. The quantitative estimate of drug-likeness (QED) is 0.350. The summed E-state index contributed by atoms with van der Waals surface area (Å²) in [7, 11) is 0. The fourth-order valence-electron chi connectivity index (χ4n) is 4.06. The molecule has 0 saturated carbocycles. The van der Waals surface area contributed by atoms with Crippen molar-refractivity contribution in [1.82, 2.24) is 19.5 Å². The number of hydrogen-bond donors (Lipinski definition) is 1. The number of nitrogens with one attached hydrogen (secondary N) is 1. The molecule has 4 aromatic rings. The van der Waals surface area contributed by atoms with Gasteiger partial charge in [-0.2, -0.15) is 5.10 Å². The Hall–Kier alpha value is -3.33. The minimum atomic E-state index is -0.130. The molecule has 0 spiro atoms. The summed E-state index contributed by atoms with van der Waals surface area (Å²) in [6, 6.07) is 9.77. The summed E-state index contributed by atoms with van der Waals surface area (Å²) >= 11 is 1.61. The van der Waals surface area contributed by atoms with Crippen molar-refractivity contribution in [2.45, 2.75) is 46.6 Å². The van der Waals surface area contributed by atoms with Gasteiger partial charge in [-0.05, 0) is 68.8 Å². The van der Waals surface area contributed by atoms with Crippen molar-refractivity contribution in [3.8, 4) is 11.5 Å². The Kier molecular flexibility index (Phi) is 7.52. The lowest BCUT2D eigenvalue weighted by Crippen LogP contribution is -2.28. The number of aromatic nitrogens is 3. The van der Waals surface area contributed by atoms with Crippen molar-refractivity contribution in [2.75, 3.05) is 19.8 Å². The van der Waals surface area contributed by atoms with Gasteiger partial charge in [0.15, 0.2) is 11.5 Å². The van der Waals surface area contributed by atoms with Gasteiger partial charge >= 0.3 is 0 Å². The fraction of sp³-hybridized carbons (Fsp3) is 0.400. The molecular weight excluding hydrogens is 452 g/mol. The molecule has 4 rings (SSSR count). The third kappa shape index (κ3) is 5.09. The van der Waals surface area contributed by atoms with Crippen LogP contribution in [0, 0.1) is 6.92 Å². The van der Waals surface area contributed by atoms with Crippen molar-refractivity contribution < 1.29 is 14.3 Å². The van der Waals surface area contributed by atoms with Crippen LogP contribution in [0.4, 0.5) is 0 Å². The van der Waals surface area contributed by atoms with Crippen molar-refractivity contribution in [1.29, 1.82) is 0 Å². The monoisotopic (exact) mass is 482 g/mol. The molecule has 0 aliphatic heterocycles. The Morgan fingerprint density at radius 2 is 1.88 bits per heavy atom. The molecule has 1 aromatic carbocycles. The maximum atomic E-state index is 12.9. The van der Waals surface area contributed by atoms with Crippen molar-refractivity contribution in [3.63, 3.8) is 0 Å². The summed E-state index contributed by atoms with van der Waals surface area (Å²) in [6.07, 6.45) is 1.57. The summed E-state index contributed by atoms with van der Waals surface area (Å²) < 4.78 is 15.7. The summed E-state index contributed by atoms with van der Waals surface area (Å²) in [5.74, 6) is 2.18. The molecule has 0 bridgehead atoms. The first kappa shape index (κ1) is 23.8. The van der Waals surface area contributed by atoms with Crippen LogP contribution >= 0.6 is 11.3 Å². The highest BCUT2D eigenvalue weighted by atomic mass is 32.1. The topological polar surface area (TPSA) is 86.9 Å². The maximum Gasteiger partial charge on any atom is 0.291 e. The Morgan fingerprint density at radius 1 is 1.09 bits per heavy atom. The van der Waals surface area contributed by atoms with Gasteiger partial charge in [0.05, 0.1) is 23.4 Å². The lowest BCUT2D eigenvalue weighted by molar-refractivity contribution is -0.121. The van der Waals surface area contributed by atoms with Gasteiger partial charge in [0.1, 0.15) is 11.3 Å². The Balaban J connectivity index is 1.29. The Labute approximate surface area is 202 Å². The average molecular weight is 483 g/mol. The molecule has 0 radical (unpaired) electrons. The highest BCUT2D eigenvalue weighted by Gasteiger charge is 2.13. The van der Waals surface area contributed by atoms with Gasteiger partial charge in [0.2, 0.25) is 5.91 Å². The van der Waals surface area contributed by atoms with E-state index in [-0.39, 0.29) is 11.5 Å². The number of benzene rings is 1. The van der Waals surface area contributed by atoms with Crippen molar-refractivity contribution >= 4 is 33.0 Å². The molecule has 1 amide bonds. The first-order chi connectivity index (χ1) is 16.5. The standard InChI is InChI=1S/C25H30N4O4S/c1-4-32-21-9-8-18(15-22(21)33-5-2)10-12-26-24(30)7-6-13-28-25(31)20-16-23-19(11-14-34-23)29(20)17(3)27-28/h8-9,11,14-16H,4-7,10,12-13H2,1-3H3,(H,26,30). The molecule has 8 nitrogen and oxygen atoms in total. The van der Waals surface area contributed by atoms with Crippen LogP contribution in [0.1, 0.15) is 38.1 Å². The van der Waals surface area contributed by atoms with Gasteiger partial charge in [-0.15, -0.1) is 11.3 Å². The third-order valence-corrected chi connectivity index (χ3v) is 6.44. The van der Waals surface area contributed by atoms with E-state index in [1.807, 2.05) is 60.9 Å². The number of carbonyl (C=O) groups is 1. The first-order valence-corrected chi connectivity index (χ1v) is 12.5. The fourth-order valence-corrected chi connectivity index (χ4v) is 4.86. The predicted molar refractivity (Wildman–Crippen MR) is 134 cm³/mol. The number of aryl methyl sites for hydroxylation is 2. The molecule has 34 heavy (non-hydrogen) atoms. The number of fused-ring (bicyclic) bond motifs is 3. The van der Waals surface area contributed by atoms with Crippen LogP contribution in [0.2, 0.25) is 0 Å². The molecular formula is C25H30N4O4S. The molecule has 0 aliphatic carbocycles. The van der Waals surface area contributed by atoms with Crippen LogP contribution in [-0.4, -0.2) is 39.8 Å². The maximum absolute atomic E-state index is 12.9. The molecule has 1 N–H and O–H groups in total. The lowest BCUT2D eigenvalue weighted by atomic mass is 10.1. The van der Waals surface area contributed by atoms with Crippen molar-refractivity contribution in [3.05, 3.63) is 57.5 Å². The summed E-state index contributed by atoms with van der Waals surface area (Å²) in [4.78, 5) is 25.2. The minimum absolute atomic E-state index is 0.0370. The second-order valence-electron chi connectivity index (χ2n) is 7.96. The van der Waals surface area contributed by atoms with Gasteiger partial charge < -0.3 is 14.8 Å². The number of amides is 1. The molecule has 0 unspecified atom stereocenters. The first-order valence-electron chi connectivity index (χ1n) is 11.6. The predicted octanol–water partition coefficient (Wildman–Crippen LogP) is 3.96. The molecule has 0 fully saturated rings. The zero-order valence-corrected chi connectivity index (χ0v) is 20.6. The highest BCUT2D eigenvalue weighted by Crippen LogP contribution is 2.28. The molecule has 0 saturated heterocycles. The van der Waals surface area contributed by atoms with E-state index in [1.165, 1.54) is 4.68 Å². The Morgan fingerprint density at radius 3 is 2.68 bits per heavy atom.